The van der Waals surface area contributed by atoms with Crippen molar-refractivity contribution >= 4 is 33.2 Å². The number of hydrogen-bond donors (Lipinski definition) is 1. The number of halogens is 1. The van der Waals surface area contributed by atoms with Crippen LogP contribution in [0.25, 0.3) is 0 Å². The molecule has 3 nitrogen and oxygen atoms in total. The Morgan fingerprint density at radius 3 is 2.88 bits per heavy atom. The zero-order valence-electron chi connectivity index (χ0n) is 8.62. The molecule has 0 aliphatic rings. The van der Waals surface area contributed by atoms with Crippen molar-refractivity contribution in [2.45, 2.75) is 13.5 Å². The van der Waals surface area contributed by atoms with Crippen molar-refractivity contribution in [2.75, 3.05) is 0 Å². The van der Waals surface area contributed by atoms with Gasteiger partial charge in [-0.15, -0.1) is 11.3 Å². The molecule has 2 heterocycles. The van der Waals surface area contributed by atoms with Gasteiger partial charge in [-0.3, -0.25) is 4.79 Å². The molecule has 16 heavy (non-hydrogen) atoms. The Morgan fingerprint density at radius 2 is 2.31 bits per heavy atom. The normalized spacial score (nSPS) is 10.4. The van der Waals surface area contributed by atoms with Crippen LogP contribution in [-0.2, 0) is 6.54 Å². The van der Waals surface area contributed by atoms with Gasteiger partial charge in [0.25, 0.3) is 5.91 Å². The first kappa shape index (κ1) is 11.4. The minimum absolute atomic E-state index is 0.101. The maximum absolute atomic E-state index is 11.7. The van der Waals surface area contributed by atoms with E-state index in [-0.39, 0.29) is 5.91 Å². The lowest BCUT2D eigenvalue weighted by Crippen LogP contribution is -2.22. The van der Waals surface area contributed by atoms with Gasteiger partial charge in [0.05, 0.1) is 22.2 Å². The molecule has 0 spiro atoms. The van der Waals surface area contributed by atoms with E-state index in [4.69, 9.17) is 4.42 Å². The Balaban J connectivity index is 1.96. The van der Waals surface area contributed by atoms with Gasteiger partial charge in [0.2, 0.25) is 0 Å². The quantitative estimate of drug-likeness (QED) is 0.944. The number of carbonyl (C=O) groups is 1. The molecule has 0 aliphatic heterocycles. The molecule has 0 fully saturated rings. The first-order chi connectivity index (χ1) is 7.66. The summed E-state index contributed by atoms with van der Waals surface area (Å²) in [7, 11) is 0. The molecule has 0 unspecified atom stereocenters. The molecule has 0 atom stereocenters. The zero-order chi connectivity index (χ0) is 11.5. The number of amides is 1. The van der Waals surface area contributed by atoms with Crippen molar-refractivity contribution in [2.24, 2.45) is 0 Å². The molecule has 0 saturated carbocycles. The number of rotatable bonds is 3. The lowest BCUT2D eigenvalue weighted by atomic mass is 10.2. The summed E-state index contributed by atoms with van der Waals surface area (Å²) in [6.45, 7) is 2.32. The fraction of sp³-hybridized carbons (Fsp3) is 0.182. The standard InChI is InChI=1S/C11H10BrNO2S/c1-7-9(4-5-15-7)11(14)13-6-8-2-3-10(12)16-8/h2-5H,6H2,1H3,(H,13,14). The van der Waals surface area contributed by atoms with Crippen LogP contribution in [0.4, 0.5) is 0 Å². The predicted molar refractivity (Wildman–Crippen MR) is 66.6 cm³/mol. The Kier molecular flexibility index (Phi) is 3.46. The monoisotopic (exact) mass is 299 g/mol. The van der Waals surface area contributed by atoms with E-state index in [1.165, 1.54) is 6.26 Å². The van der Waals surface area contributed by atoms with E-state index < -0.39 is 0 Å². The Morgan fingerprint density at radius 1 is 1.50 bits per heavy atom. The fourth-order valence-corrected chi connectivity index (χ4v) is 2.75. The number of nitrogens with one attached hydrogen (secondary N) is 1. The van der Waals surface area contributed by atoms with E-state index in [1.54, 1.807) is 24.3 Å². The molecule has 0 saturated heterocycles. The Labute approximate surface area is 106 Å². The summed E-state index contributed by atoms with van der Waals surface area (Å²) in [5, 5.41) is 2.85. The highest BCUT2D eigenvalue weighted by Crippen LogP contribution is 2.21. The number of hydrogen-bond acceptors (Lipinski definition) is 3. The molecule has 2 aromatic heterocycles. The van der Waals surface area contributed by atoms with Crippen molar-refractivity contribution in [3.8, 4) is 0 Å². The Hall–Kier alpha value is -1.07. The number of carbonyl (C=O) groups excluding carboxylic acids is 1. The van der Waals surface area contributed by atoms with Gasteiger partial charge >= 0.3 is 0 Å². The van der Waals surface area contributed by atoms with E-state index in [2.05, 4.69) is 21.2 Å². The van der Waals surface area contributed by atoms with Gasteiger partial charge in [-0.1, -0.05) is 0 Å². The molecule has 2 rings (SSSR count). The fourth-order valence-electron chi connectivity index (χ4n) is 1.33. The Bertz CT molecular complexity index is 504. The van der Waals surface area contributed by atoms with Crippen LogP contribution in [0, 0.1) is 6.92 Å². The topological polar surface area (TPSA) is 42.2 Å². The number of aryl methyl sites for hydroxylation is 1. The van der Waals surface area contributed by atoms with Crippen LogP contribution in [0.5, 0.6) is 0 Å². The van der Waals surface area contributed by atoms with Gasteiger partial charge in [0, 0.05) is 4.88 Å². The van der Waals surface area contributed by atoms with Crippen LogP contribution in [0.2, 0.25) is 0 Å². The molecule has 0 aromatic carbocycles. The van der Waals surface area contributed by atoms with Crippen LogP contribution in [0.1, 0.15) is 21.0 Å². The smallest absolute Gasteiger partial charge is 0.255 e. The molecule has 84 valence electrons. The molecule has 2 aromatic rings. The first-order valence-corrected chi connectivity index (χ1v) is 6.34. The average molecular weight is 300 g/mol. The van der Waals surface area contributed by atoms with Crippen molar-refractivity contribution < 1.29 is 9.21 Å². The second-order valence-electron chi connectivity index (χ2n) is 3.28. The van der Waals surface area contributed by atoms with Crippen molar-refractivity contribution in [1.29, 1.82) is 0 Å². The minimum atomic E-state index is -0.101. The molecule has 1 amide bonds. The highest BCUT2D eigenvalue weighted by Gasteiger charge is 2.10. The summed E-state index contributed by atoms with van der Waals surface area (Å²) in [5.41, 5.74) is 0.593. The summed E-state index contributed by atoms with van der Waals surface area (Å²) >= 11 is 4.99. The third-order valence-electron chi connectivity index (χ3n) is 2.16. The molecule has 0 radical (unpaired) electrons. The molecular formula is C11H10BrNO2S. The zero-order valence-corrected chi connectivity index (χ0v) is 11.0. The first-order valence-electron chi connectivity index (χ1n) is 4.73. The molecule has 1 N–H and O–H groups in total. The van der Waals surface area contributed by atoms with Gasteiger partial charge in [-0.2, -0.15) is 0 Å². The largest absolute Gasteiger partial charge is 0.469 e. The predicted octanol–water partition coefficient (Wildman–Crippen LogP) is 3.34. The van der Waals surface area contributed by atoms with Crippen LogP contribution in [-0.4, -0.2) is 5.91 Å². The second kappa shape index (κ2) is 4.84. The van der Waals surface area contributed by atoms with E-state index in [0.29, 0.717) is 17.9 Å². The van der Waals surface area contributed by atoms with Crippen molar-refractivity contribution in [3.05, 3.63) is 44.4 Å². The highest BCUT2D eigenvalue weighted by atomic mass is 79.9. The summed E-state index contributed by atoms with van der Waals surface area (Å²) in [5.74, 6) is 0.542. The van der Waals surface area contributed by atoms with E-state index in [0.717, 1.165) is 8.66 Å². The van der Waals surface area contributed by atoms with Gasteiger partial charge in [-0.05, 0) is 41.1 Å². The summed E-state index contributed by atoms with van der Waals surface area (Å²) in [4.78, 5) is 12.8. The third kappa shape index (κ3) is 2.54. The van der Waals surface area contributed by atoms with Crippen molar-refractivity contribution in [1.82, 2.24) is 5.32 Å². The lowest BCUT2D eigenvalue weighted by molar-refractivity contribution is 0.0950. The SMILES string of the molecule is Cc1occc1C(=O)NCc1ccc(Br)s1. The maximum atomic E-state index is 11.7. The lowest BCUT2D eigenvalue weighted by Gasteiger charge is -2.01. The van der Waals surface area contributed by atoms with E-state index in [9.17, 15) is 4.79 Å². The van der Waals surface area contributed by atoms with Crippen LogP contribution >= 0.6 is 27.3 Å². The maximum Gasteiger partial charge on any atom is 0.255 e. The third-order valence-corrected chi connectivity index (χ3v) is 3.78. The second-order valence-corrected chi connectivity index (χ2v) is 5.83. The molecule has 0 bridgehead atoms. The molecular weight excluding hydrogens is 290 g/mol. The van der Waals surface area contributed by atoms with Crippen LogP contribution < -0.4 is 5.32 Å². The number of thiophene rings is 1. The summed E-state index contributed by atoms with van der Waals surface area (Å²) in [6.07, 6.45) is 1.52. The average Bonchev–Trinajstić information content (AvgIpc) is 2.84. The van der Waals surface area contributed by atoms with Gasteiger partial charge in [-0.25, -0.2) is 0 Å². The number of furan rings is 1. The van der Waals surface area contributed by atoms with Gasteiger partial charge in [0.15, 0.2) is 0 Å². The minimum Gasteiger partial charge on any atom is -0.469 e. The summed E-state index contributed by atoms with van der Waals surface area (Å²) < 4.78 is 6.14. The molecule has 5 heteroatoms. The molecule has 0 aliphatic carbocycles. The van der Waals surface area contributed by atoms with Gasteiger partial charge < -0.3 is 9.73 Å². The van der Waals surface area contributed by atoms with Crippen LogP contribution in [0.15, 0.2) is 32.7 Å². The highest BCUT2D eigenvalue weighted by molar-refractivity contribution is 9.11. The van der Waals surface area contributed by atoms with E-state index >= 15 is 0 Å². The van der Waals surface area contributed by atoms with Crippen molar-refractivity contribution in [3.63, 3.8) is 0 Å². The summed E-state index contributed by atoms with van der Waals surface area (Å²) in [6, 6.07) is 5.63. The van der Waals surface area contributed by atoms with E-state index in [1.807, 2.05) is 12.1 Å². The van der Waals surface area contributed by atoms with Gasteiger partial charge in [0.1, 0.15) is 5.76 Å². The van der Waals surface area contributed by atoms with Crippen LogP contribution in [0.3, 0.4) is 0 Å².